The Morgan fingerprint density at radius 3 is 1.48 bits per heavy atom. The molecule has 0 aliphatic rings. The fourth-order valence-electron chi connectivity index (χ4n) is 2.57. The van der Waals surface area contributed by atoms with Crippen LogP contribution in [0, 0.1) is 0 Å². The topological polar surface area (TPSA) is 24.4 Å². The largest absolute Gasteiger partial charge is 0.400 e. The molecule has 0 aromatic carbocycles. The van der Waals surface area contributed by atoms with E-state index >= 15 is 0 Å². The predicted molar refractivity (Wildman–Crippen MR) is 109 cm³/mol. The molecule has 0 saturated heterocycles. The van der Waals surface area contributed by atoms with Gasteiger partial charge in [-0.3, -0.25) is 0 Å². The van der Waals surface area contributed by atoms with E-state index in [9.17, 15) is 0 Å². The van der Waals surface area contributed by atoms with Crippen molar-refractivity contribution in [1.82, 2.24) is 4.98 Å². The zero-order valence-electron chi connectivity index (χ0n) is 16.6. The molecule has 126 valence electrons. The molecule has 0 aromatic rings. The van der Waals surface area contributed by atoms with E-state index in [1.165, 1.54) is 5.84 Å². The van der Waals surface area contributed by atoms with Crippen LogP contribution in [0.3, 0.4) is 0 Å². The molecule has 0 spiro atoms. The molecule has 2 nitrogen and oxygen atoms in total. The van der Waals surface area contributed by atoms with Crippen LogP contribution in [0.2, 0.25) is 39.3 Å². The van der Waals surface area contributed by atoms with Gasteiger partial charge in [0.15, 0.2) is 8.24 Å². The Kier molecular flexibility index (Phi) is 6.95. The van der Waals surface area contributed by atoms with Gasteiger partial charge in [-0.2, -0.15) is 0 Å². The molecule has 21 heavy (non-hydrogen) atoms. The van der Waals surface area contributed by atoms with Crippen LogP contribution in [0.5, 0.6) is 0 Å². The van der Waals surface area contributed by atoms with Crippen LogP contribution in [-0.4, -0.2) is 38.8 Å². The lowest BCUT2D eigenvalue weighted by atomic mass is 10.2. The van der Waals surface area contributed by atoms with E-state index in [0.29, 0.717) is 10.3 Å². The summed E-state index contributed by atoms with van der Waals surface area (Å²) >= 11 is 0. The maximum absolute atomic E-state index is 5.16. The molecular weight excluding hydrogens is 307 g/mol. The summed E-state index contributed by atoms with van der Waals surface area (Å²) in [5.41, 5.74) is 0. The summed E-state index contributed by atoms with van der Waals surface area (Å²) < 4.78 is 5.16. The van der Waals surface area contributed by atoms with E-state index in [2.05, 4.69) is 85.8 Å². The van der Waals surface area contributed by atoms with Gasteiger partial charge in [0, 0.05) is 6.16 Å². The highest BCUT2D eigenvalue weighted by atomic mass is 31.1. The quantitative estimate of drug-likeness (QED) is 0.299. The van der Waals surface area contributed by atoms with Crippen molar-refractivity contribution in [2.24, 2.45) is 4.66 Å². The molecule has 0 heterocycles. The van der Waals surface area contributed by atoms with Gasteiger partial charge >= 0.3 is 0 Å². The van der Waals surface area contributed by atoms with E-state index in [0.717, 1.165) is 6.16 Å². The van der Waals surface area contributed by atoms with Gasteiger partial charge in [0.05, 0.1) is 5.84 Å². The molecule has 0 aliphatic heterocycles. The zero-order valence-corrected chi connectivity index (χ0v) is 19.5. The maximum Gasteiger partial charge on any atom is 0.174 e. The van der Waals surface area contributed by atoms with Crippen LogP contribution in [0.25, 0.3) is 0 Å². The Hall–Kier alpha value is 0.334. The zero-order chi connectivity index (χ0) is 17.3. The highest BCUT2D eigenvalue weighted by molar-refractivity contribution is 7.61. The molecule has 0 saturated carbocycles. The molecule has 0 atom stereocenters. The molecule has 0 aromatic heterocycles. The first-order valence-corrected chi connectivity index (χ1v) is 16.5. The Bertz CT molecular complexity index is 352. The summed E-state index contributed by atoms with van der Waals surface area (Å²) in [6.45, 7) is 28.4. The lowest BCUT2D eigenvalue weighted by molar-refractivity contribution is 0.708. The molecule has 0 fully saturated rings. The minimum atomic E-state index is -1.45. The molecule has 0 radical (unpaired) electrons. The second-order valence-electron chi connectivity index (χ2n) is 10.0. The highest BCUT2D eigenvalue weighted by Crippen LogP contribution is 2.59. The van der Waals surface area contributed by atoms with Crippen molar-refractivity contribution in [3.05, 3.63) is 0 Å². The maximum atomic E-state index is 5.16. The number of hydrogen-bond acceptors (Lipinski definition) is 1. The number of hydrogen-bond donors (Lipinski definition) is 1. The van der Waals surface area contributed by atoms with Crippen molar-refractivity contribution < 1.29 is 0 Å². The second-order valence-corrected chi connectivity index (χ2v) is 23.2. The molecule has 5 heteroatoms. The third kappa shape index (κ3) is 9.86. The fourth-order valence-corrected chi connectivity index (χ4v) is 8.33. The van der Waals surface area contributed by atoms with Gasteiger partial charge in [-0.1, -0.05) is 69.1 Å². The summed E-state index contributed by atoms with van der Waals surface area (Å²) in [4.78, 5) is 3.83. The molecule has 0 aliphatic carbocycles. The van der Waals surface area contributed by atoms with Crippen LogP contribution >= 0.6 is 7.92 Å². The lowest BCUT2D eigenvalue weighted by Gasteiger charge is -2.42. The van der Waals surface area contributed by atoms with Crippen LogP contribution in [-0.2, 0) is 0 Å². The van der Waals surface area contributed by atoms with Crippen LogP contribution in [0.15, 0.2) is 4.66 Å². The molecule has 0 amide bonds. The number of nitrogens with one attached hydrogen (secondary N) is 1. The fraction of sp³-hybridized carbons (Fsp3) is 0.938. The van der Waals surface area contributed by atoms with Gasteiger partial charge in [0.25, 0.3) is 0 Å². The average Bonchev–Trinajstić information content (AvgIpc) is 2.04. The molecular formula is C16H39N2PSi2. The van der Waals surface area contributed by atoms with Crippen LogP contribution < -0.4 is 4.98 Å². The predicted octanol–water partition coefficient (Wildman–Crippen LogP) is 5.72. The molecule has 0 rings (SSSR count). The summed E-state index contributed by atoms with van der Waals surface area (Å²) in [6, 6.07) is 0. The second kappa shape index (κ2) is 6.84. The Labute approximate surface area is 137 Å². The third-order valence-corrected chi connectivity index (χ3v) is 8.75. The van der Waals surface area contributed by atoms with Gasteiger partial charge in [-0.15, -0.1) is 0 Å². The average molecular weight is 347 g/mol. The number of amidine groups is 1. The molecule has 0 unspecified atom stereocenters. The van der Waals surface area contributed by atoms with Crippen molar-refractivity contribution in [3.63, 3.8) is 0 Å². The standard InChI is InChI=1S/C16H39N2PSi2/c1-15(2,3)19(16(4,5)6)13-14(17-20(7,8)9)18-21(10,11)12/h13H2,1-12H3,(H,17,18). The van der Waals surface area contributed by atoms with Crippen molar-refractivity contribution in [3.8, 4) is 0 Å². The van der Waals surface area contributed by atoms with Gasteiger partial charge < -0.3 is 9.64 Å². The third-order valence-electron chi connectivity index (χ3n) is 2.92. The van der Waals surface area contributed by atoms with Crippen molar-refractivity contribution in [2.45, 2.75) is 91.1 Å². The summed E-state index contributed by atoms with van der Waals surface area (Å²) in [5, 5.41) is 0.712. The van der Waals surface area contributed by atoms with E-state index < -0.39 is 16.5 Å². The number of nitrogens with zero attached hydrogens (tertiary/aromatic N) is 1. The van der Waals surface area contributed by atoms with Crippen LogP contribution in [0.4, 0.5) is 0 Å². The van der Waals surface area contributed by atoms with Crippen LogP contribution in [0.1, 0.15) is 41.5 Å². The minimum Gasteiger partial charge on any atom is -0.400 e. The van der Waals surface area contributed by atoms with E-state index in [1.807, 2.05) is 0 Å². The summed E-state index contributed by atoms with van der Waals surface area (Å²) in [5.74, 6) is 1.30. The van der Waals surface area contributed by atoms with Gasteiger partial charge in [-0.05, 0) is 30.0 Å². The normalized spacial score (nSPS) is 15.6. The molecule has 0 bridgehead atoms. The first kappa shape index (κ1) is 21.3. The molecule has 1 N–H and O–H groups in total. The first-order valence-electron chi connectivity index (χ1n) is 8.06. The smallest absolute Gasteiger partial charge is 0.174 e. The monoisotopic (exact) mass is 346 g/mol. The Morgan fingerprint density at radius 1 is 0.857 bits per heavy atom. The van der Waals surface area contributed by atoms with Gasteiger partial charge in [0.2, 0.25) is 0 Å². The van der Waals surface area contributed by atoms with Crippen molar-refractivity contribution in [2.75, 3.05) is 6.16 Å². The SMILES string of the molecule is CC(C)(C)P(CC(=N[Si](C)(C)C)N[Si](C)(C)C)C(C)(C)C. The van der Waals surface area contributed by atoms with Crippen molar-refractivity contribution in [1.29, 1.82) is 0 Å². The Morgan fingerprint density at radius 2 is 1.24 bits per heavy atom. The summed E-state index contributed by atoms with van der Waals surface area (Å²) in [6.07, 6.45) is 1.14. The minimum absolute atomic E-state index is 0.137. The van der Waals surface area contributed by atoms with Crippen molar-refractivity contribution >= 4 is 30.2 Å². The number of rotatable bonds is 4. The van der Waals surface area contributed by atoms with Gasteiger partial charge in [0.1, 0.15) is 8.24 Å². The highest BCUT2D eigenvalue weighted by Gasteiger charge is 2.36. The first-order chi connectivity index (χ1) is 8.92. The van der Waals surface area contributed by atoms with Gasteiger partial charge in [-0.25, -0.2) is 0 Å². The van der Waals surface area contributed by atoms with E-state index in [-0.39, 0.29) is 7.92 Å². The van der Waals surface area contributed by atoms with E-state index in [4.69, 9.17) is 4.66 Å². The van der Waals surface area contributed by atoms with E-state index in [1.54, 1.807) is 0 Å². The summed E-state index contributed by atoms with van der Waals surface area (Å²) in [7, 11) is -2.94. The lowest BCUT2D eigenvalue weighted by Crippen LogP contribution is -2.48. The Balaban J connectivity index is 5.51.